The molecule has 1 N–H and O–H groups in total. The molecule has 0 aliphatic carbocycles. The SMILES string of the molecule is O=C(NCc1nc(-c2cccc(Br)c2)no1)c1ccc(CN2CCCC2)cc1. The van der Waals surface area contributed by atoms with Crippen LogP contribution in [-0.4, -0.2) is 34.0 Å². The number of nitrogens with zero attached hydrogens (tertiary/aromatic N) is 3. The van der Waals surface area contributed by atoms with Crippen molar-refractivity contribution < 1.29 is 9.32 Å². The van der Waals surface area contributed by atoms with Crippen molar-refractivity contribution in [3.8, 4) is 11.4 Å². The normalized spacial score (nSPS) is 14.3. The van der Waals surface area contributed by atoms with Crippen LogP contribution in [0.1, 0.15) is 34.7 Å². The highest BCUT2D eigenvalue weighted by molar-refractivity contribution is 9.10. The van der Waals surface area contributed by atoms with E-state index in [0.29, 0.717) is 17.3 Å². The lowest BCUT2D eigenvalue weighted by molar-refractivity contribution is 0.0946. The maximum Gasteiger partial charge on any atom is 0.251 e. The van der Waals surface area contributed by atoms with Crippen molar-refractivity contribution in [3.63, 3.8) is 0 Å². The number of hydrogen-bond acceptors (Lipinski definition) is 5. The van der Waals surface area contributed by atoms with Crippen LogP contribution < -0.4 is 5.32 Å². The Balaban J connectivity index is 1.33. The van der Waals surface area contributed by atoms with Gasteiger partial charge in [-0.05, 0) is 55.8 Å². The highest BCUT2D eigenvalue weighted by Gasteiger charge is 2.13. The smallest absolute Gasteiger partial charge is 0.251 e. The molecule has 144 valence electrons. The van der Waals surface area contributed by atoms with E-state index in [4.69, 9.17) is 4.52 Å². The molecule has 0 saturated carbocycles. The van der Waals surface area contributed by atoms with Crippen molar-refractivity contribution >= 4 is 21.8 Å². The van der Waals surface area contributed by atoms with Crippen LogP contribution in [0, 0.1) is 0 Å². The largest absolute Gasteiger partial charge is 0.343 e. The van der Waals surface area contributed by atoms with Gasteiger partial charge in [0, 0.05) is 22.1 Å². The predicted molar refractivity (Wildman–Crippen MR) is 110 cm³/mol. The Bertz CT molecular complexity index is 949. The van der Waals surface area contributed by atoms with Crippen molar-refractivity contribution in [3.05, 3.63) is 70.0 Å². The molecule has 4 rings (SSSR count). The third kappa shape index (κ3) is 4.66. The first-order valence-corrected chi connectivity index (χ1v) is 10.1. The van der Waals surface area contributed by atoms with Gasteiger partial charge in [0.05, 0.1) is 6.54 Å². The van der Waals surface area contributed by atoms with Gasteiger partial charge in [-0.3, -0.25) is 9.69 Å². The molecule has 0 bridgehead atoms. The fraction of sp³-hybridized carbons (Fsp3) is 0.286. The monoisotopic (exact) mass is 440 g/mol. The number of amides is 1. The molecule has 3 aromatic rings. The van der Waals surface area contributed by atoms with Gasteiger partial charge in [0.1, 0.15) is 0 Å². The van der Waals surface area contributed by atoms with E-state index in [1.807, 2.05) is 48.5 Å². The number of rotatable bonds is 6. The highest BCUT2D eigenvalue weighted by Crippen LogP contribution is 2.20. The van der Waals surface area contributed by atoms with E-state index in [1.165, 1.54) is 18.4 Å². The van der Waals surface area contributed by atoms with Gasteiger partial charge < -0.3 is 9.84 Å². The van der Waals surface area contributed by atoms with E-state index >= 15 is 0 Å². The van der Waals surface area contributed by atoms with Gasteiger partial charge in [-0.1, -0.05) is 45.4 Å². The molecule has 0 spiro atoms. The summed E-state index contributed by atoms with van der Waals surface area (Å²) in [4.78, 5) is 19.2. The first-order valence-electron chi connectivity index (χ1n) is 9.35. The van der Waals surface area contributed by atoms with Crippen molar-refractivity contribution in [2.75, 3.05) is 13.1 Å². The molecular formula is C21H21BrN4O2. The minimum absolute atomic E-state index is 0.157. The fourth-order valence-corrected chi connectivity index (χ4v) is 3.69. The molecule has 2 aromatic carbocycles. The molecule has 1 aliphatic rings. The summed E-state index contributed by atoms with van der Waals surface area (Å²) in [7, 11) is 0. The zero-order valence-electron chi connectivity index (χ0n) is 15.4. The molecule has 1 fully saturated rings. The maximum atomic E-state index is 12.4. The lowest BCUT2D eigenvalue weighted by atomic mass is 10.1. The Labute approximate surface area is 172 Å². The van der Waals surface area contributed by atoms with Gasteiger partial charge >= 0.3 is 0 Å². The predicted octanol–water partition coefficient (Wildman–Crippen LogP) is 4.02. The average molecular weight is 441 g/mol. The Hall–Kier alpha value is -2.51. The minimum Gasteiger partial charge on any atom is -0.343 e. The topological polar surface area (TPSA) is 71.3 Å². The van der Waals surface area contributed by atoms with E-state index in [9.17, 15) is 4.79 Å². The summed E-state index contributed by atoms with van der Waals surface area (Å²) in [5.41, 5.74) is 2.70. The number of aromatic nitrogens is 2. The molecule has 1 aromatic heterocycles. The Morgan fingerprint density at radius 2 is 1.93 bits per heavy atom. The lowest BCUT2D eigenvalue weighted by Gasteiger charge is -2.14. The van der Waals surface area contributed by atoms with Crippen molar-refractivity contribution in [2.24, 2.45) is 0 Å². The van der Waals surface area contributed by atoms with E-state index in [2.05, 4.69) is 36.3 Å². The second-order valence-corrected chi connectivity index (χ2v) is 7.80. The maximum absolute atomic E-state index is 12.4. The van der Waals surface area contributed by atoms with Gasteiger partial charge in [-0.15, -0.1) is 0 Å². The van der Waals surface area contributed by atoms with Crippen LogP contribution >= 0.6 is 15.9 Å². The number of nitrogens with one attached hydrogen (secondary N) is 1. The number of carbonyl (C=O) groups excluding carboxylic acids is 1. The van der Waals surface area contributed by atoms with Gasteiger partial charge in [-0.2, -0.15) is 4.98 Å². The van der Waals surface area contributed by atoms with E-state index < -0.39 is 0 Å². The number of likely N-dealkylation sites (tertiary alicyclic amines) is 1. The summed E-state index contributed by atoms with van der Waals surface area (Å²) >= 11 is 3.43. The van der Waals surface area contributed by atoms with Crippen LogP contribution in [0.4, 0.5) is 0 Å². The fourth-order valence-electron chi connectivity index (χ4n) is 3.29. The first kappa shape index (κ1) is 18.8. The van der Waals surface area contributed by atoms with E-state index in [-0.39, 0.29) is 12.5 Å². The van der Waals surface area contributed by atoms with Crippen LogP contribution in [-0.2, 0) is 13.1 Å². The quantitative estimate of drug-likeness (QED) is 0.626. The van der Waals surface area contributed by atoms with Crippen molar-refractivity contribution in [1.29, 1.82) is 0 Å². The molecule has 0 atom stereocenters. The summed E-state index contributed by atoms with van der Waals surface area (Å²) in [5.74, 6) is 0.709. The van der Waals surface area contributed by atoms with Gasteiger partial charge in [0.25, 0.3) is 5.91 Å². The van der Waals surface area contributed by atoms with Crippen molar-refractivity contribution in [1.82, 2.24) is 20.4 Å². The summed E-state index contributed by atoms with van der Waals surface area (Å²) < 4.78 is 6.18. The number of hydrogen-bond donors (Lipinski definition) is 1. The van der Waals surface area contributed by atoms with Crippen LogP contribution in [0.3, 0.4) is 0 Å². The molecule has 0 unspecified atom stereocenters. The Morgan fingerprint density at radius 3 is 2.68 bits per heavy atom. The minimum atomic E-state index is -0.157. The summed E-state index contributed by atoms with van der Waals surface area (Å²) in [6.07, 6.45) is 2.55. The molecule has 7 heteroatoms. The van der Waals surface area contributed by atoms with Gasteiger partial charge in [0.15, 0.2) is 0 Å². The molecule has 6 nitrogen and oxygen atoms in total. The lowest BCUT2D eigenvalue weighted by Crippen LogP contribution is -2.23. The molecule has 1 amide bonds. The zero-order chi connectivity index (χ0) is 19.3. The van der Waals surface area contributed by atoms with Crippen LogP contribution in [0.5, 0.6) is 0 Å². The number of benzene rings is 2. The van der Waals surface area contributed by atoms with Gasteiger partial charge in [0.2, 0.25) is 11.7 Å². The third-order valence-electron chi connectivity index (χ3n) is 4.77. The Morgan fingerprint density at radius 1 is 1.14 bits per heavy atom. The average Bonchev–Trinajstić information content (AvgIpc) is 3.39. The molecule has 28 heavy (non-hydrogen) atoms. The Kier molecular flexibility index (Phi) is 5.83. The molecule has 1 saturated heterocycles. The standard InChI is InChI=1S/C21H21BrN4O2/c22-18-5-3-4-17(12-18)20-24-19(28-25-20)13-23-21(27)16-8-6-15(7-9-16)14-26-10-1-2-11-26/h3-9,12H,1-2,10-11,13-14H2,(H,23,27). The van der Waals surface area contributed by atoms with Crippen LogP contribution in [0.2, 0.25) is 0 Å². The zero-order valence-corrected chi connectivity index (χ0v) is 17.0. The van der Waals surface area contributed by atoms with Crippen molar-refractivity contribution in [2.45, 2.75) is 25.9 Å². The van der Waals surface area contributed by atoms with Crippen LogP contribution in [0.25, 0.3) is 11.4 Å². The molecule has 0 radical (unpaired) electrons. The summed E-state index contributed by atoms with van der Waals surface area (Å²) in [6.45, 7) is 3.46. The second-order valence-electron chi connectivity index (χ2n) is 6.88. The molecule has 1 aliphatic heterocycles. The summed E-state index contributed by atoms with van der Waals surface area (Å²) in [5, 5.41) is 6.80. The second kappa shape index (κ2) is 8.67. The number of halogens is 1. The van der Waals surface area contributed by atoms with E-state index in [1.54, 1.807) is 0 Å². The van der Waals surface area contributed by atoms with E-state index in [0.717, 1.165) is 29.7 Å². The molecular weight excluding hydrogens is 420 g/mol. The van der Waals surface area contributed by atoms with Crippen LogP contribution in [0.15, 0.2) is 57.5 Å². The summed E-state index contributed by atoms with van der Waals surface area (Å²) in [6, 6.07) is 15.4. The van der Waals surface area contributed by atoms with Gasteiger partial charge in [-0.25, -0.2) is 0 Å². The number of carbonyl (C=O) groups is 1. The molecule has 2 heterocycles. The highest BCUT2D eigenvalue weighted by atomic mass is 79.9. The first-order chi connectivity index (χ1) is 13.7. The third-order valence-corrected chi connectivity index (χ3v) is 5.27.